The Morgan fingerprint density at radius 3 is 2.60 bits per heavy atom. The molecule has 0 heterocycles. The molecule has 0 aromatic heterocycles. The highest BCUT2D eigenvalue weighted by atomic mass is 16.6. The molecule has 0 atom stereocenters. The van der Waals surface area contributed by atoms with Gasteiger partial charge in [-0.05, 0) is 37.8 Å². The Bertz CT molecular complexity index is 522. The van der Waals surface area contributed by atoms with E-state index in [1.807, 2.05) is 11.9 Å². The number of hydrogen-bond donors (Lipinski definition) is 0. The molecule has 20 heavy (non-hydrogen) atoms. The largest absolute Gasteiger partial charge is 0.369 e. The highest BCUT2D eigenvalue weighted by Crippen LogP contribution is 2.32. The molecule has 1 aromatic carbocycles. The molecule has 0 radical (unpaired) electrons. The molecule has 2 rings (SSSR count). The van der Waals surface area contributed by atoms with E-state index in [0.717, 1.165) is 6.54 Å². The first-order chi connectivity index (χ1) is 9.49. The van der Waals surface area contributed by atoms with Crippen LogP contribution in [-0.4, -0.2) is 24.3 Å². The monoisotopic (exact) mass is 276 g/mol. The van der Waals surface area contributed by atoms with Crippen LogP contribution >= 0.6 is 0 Å². The summed E-state index contributed by atoms with van der Waals surface area (Å²) in [5.41, 5.74) is 0.986. The number of ketones is 1. The van der Waals surface area contributed by atoms with Crippen LogP contribution in [-0.2, 0) is 0 Å². The summed E-state index contributed by atoms with van der Waals surface area (Å²) < 4.78 is 0. The second kappa shape index (κ2) is 6.03. The smallest absolute Gasteiger partial charge is 0.293 e. The van der Waals surface area contributed by atoms with E-state index in [0.29, 0.717) is 17.2 Å². The van der Waals surface area contributed by atoms with Gasteiger partial charge >= 0.3 is 0 Å². The van der Waals surface area contributed by atoms with E-state index in [2.05, 4.69) is 0 Å². The molecule has 1 saturated carbocycles. The van der Waals surface area contributed by atoms with Crippen LogP contribution in [0.4, 0.5) is 11.4 Å². The van der Waals surface area contributed by atoms with Crippen LogP contribution in [0, 0.1) is 16.0 Å². The Morgan fingerprint density at radius 2 is 2.05 bits per heavy atom. The SMILES string of the molecule is CC(=O)c1ccc(N(C)CC2CCCC2)c([N+](=O)[O-])c1. The van der Waals surface area contributed by atoms with Crippen LogP contribution in [0.1, 0.15) is 43.0 Å². The summed E-state index contributed by atoms with van der Waals surface area (Å²) >= 11 is 0. The normalized spacial score (nSPS) is 15.3. The maximum absolute atomic E-state index is 11.3. The zero-order chi connectivity index (χ0) is 14.7. The van der Waals surface area contributed by atoms with Gasteiger partial charge in [-0.2, -0.15) is 0 Å². The minimum atomic E-state index is -0.410. The number of nitrogens with zero attached hydrogens (tertiary/aromatic N) is 2. The van der Waals surface area contributed by atoms with E-state index in [1.54, 1.807) is 12.1 Å². The minimum absolute atomic E-state index is 0.0122. The Balaban J connectivity index is 2.24. The summed E-state index contributed by atoms with van der Waals surface area (Å²) in [6.07, 6.45) is 4.90. The summed E-state index contributed by atoms with van der Waals surface area (Å²) in [7, 11) is 1.88. The second-order valence-corrected chi connectivity index (χ2v) is 5.55. The number of Topliss-reactive ketones (excluding diaryl/α,β-unsaturated/α-hetero) is 1. The lowest BCUT2D eigenvalue weighted by molar-refractivity contribution is -0.384. The molecule has 1 aliphatic carbocycles. The third-order valence-corrected chi connectivity index (χ3v) is 4.00. The highest BCUT2D eigenvalue weighted by Gasteiger charge is 2.22. The van der Waals surface area contributed by atoms with Gasteiger partial charge in [0, 0.05) is 25.2 Å². The number of anilines is 1. The van der Waals surface area contributed by atoms with E-state index in [9.17, 15) is 14.9 Å². The topological polar surface area (TPSA) is 63.5 Å². The van der Waals surface area contributed by atoms with Crippen LogP contribution in [0.5, 0.6) is 0 Å². The predicted octanol–water partition coefficient (Wildman–Crippen LogP) is 3.42. The molecule has 5 heteroatoms. The predicted molar refractivity (Wildman–Crippen MR) is 78.3 cm³/mol. The van der Waals surface area contributed by atoms with Crippen molar-refractivity contribution >= 4 is 17.2 Å². The molecule has 0 bridgehead atoms. The van der Waals surface area contributed by atoms with Crippen molar-refractivity contribution in [2.24, 2.45) is 5.92 Å². The lowest BCUT2D eigenvalue weighted by Gasteiger charge is -2.23. The lowest BCUT2D eigenvalue weighted by Crippen LogP contribution is -2.24. The molecule has 5 nitrogen and oxygen atoms in total. The van der Waals surface area contributed by atoms with Gasteiger partial charge in [0.15, 0.2) is 5.78 Å². The number of rotatable bonds is 5. The Kier molecular flexibility index (Phi) is 4.37. The van der Waals surface area contributed by atoms with E-state index >= 15 is 0 Å². The van der Waals surface area contributed by atoms with Crippen molar-refractivity contribution in [2.75, 3.05) is 18.5 Å². The molecule has 108 valence electrons. The number of nitro benzene ring substituents is 1. The van der Waals surface area contributed by atoms with E-state index in [-0.39, 0.29) is 11.5 Å². The van der Waals surface area contributed by atoms with Gasteiger partial charge in [0.2, 0.25) is 0 Å². The average molecular weight is 276 g/mol. The van der Waals surface area contributed by atoms with Gasteiger partial charge in [0.1, 0.15) is 5.69 Å². The summed E-state index contributed by atoms with van der Waals surface area (Å²) in [6, 6.07) is 4.72. The third kappa shape index (κ3) is 3.15. The highest BCUT2D eigenvalue weighted by molar-refractivity contribution is 5.95. The molecule has 1 aliphatic rings. The summed E-state index contributed by atoms with van der Waals surface area (Å²) in [5, 5.41) is 11.2. The van der Waals surface area contributed by atoms with Crippen molar-refractivity contribution in [3.8, 4) is 0 Å². The molecule has 0 aliphatic heterocycles. The zero-order valence-electron chi connectivity index (χ0n) is 12.0. The van der Waals surface area contributed by atoms with E-state index in [4.69, 9.17) is 0 Å². The van der Waals surface area contributed by atoms with Crippen LogP contribution in [0.15, 0.2) is 18.2 Å². The van der Waals surface area contributed by atoms with Gasteiger partial charge in [-0.25, -0.2) is 0 Å². The molecular weight excluding hydrogens is 256 g/mol. The van der Waals surface area contributed by atoms with Crippen molar-refractivity contribution in [3.05, 3.63) is 33.9 Å². The molecule has 0 spiro atoms. The first-order valence-corrected chi connectivity index (χ1v) is 6.99. The zero-order valence-corrected chi connectivity index (χ0v) is 12.0. The molecule has 0 amide bonds. The molecule has 0 saturated heterocycles. The fourth-order valence-corrected chi connectivity index (χ4v) is 2.89. The second-order valence-electron chi connectivity index (χ2n) is 5.55. The number of hydrogen-bond acceptors (Lipinski definition) is 4. The quantitative estimate of drug-likeness (QED) is 0.469. The summed E-state index contributed by atoms with van der Waals surface area (Å²) in [6.45, 7) is 2.25. The van der Waals surface area contributed by atoms with Gasteiger partial charge < -0.3 is 4.90 Å². The Labute approximate surface area is 118 Å². The Hall–Kier alpha value is -1.91. The van der Waals surface area contributed by atoms with Crippen molar-refractivity contribution < 1.29 is 9.72 Å². The molecule has 1 fully saturated rings. The molecular formula is C15H20N2O3. The summed E-state index contributed by atoms with van der Waals surface area (Å²) in [4.78, 5) is 24.1. The minimum Gasteiger partial charge on any atom is -0.369 e. The fraction of sp³-hybridized carbons (Fsp3) is 0.533. The van der Waals surface area contributed by atoms with Crippen LogP contribution < -0.4 is 4.90 Å². The van der Waals surface area contributed by atoms with Crippen LogP contribution in [0.2, 0.25) is 0 Å². The lowest BCUT2D eigenvalue weighted by atomic mass is 10.1. The molecule has 0 N–H and O–H groups in total. The van der Waals surface area contributed by atoms with E-state index < -0.39 is 4.92 Å². The summed E-state index contributed by atoms with van der Waals surface area (Å²) in [5.74, 6) is 0.463. The fourth-order valence-electron chi connectivity index (χ4n) is 2.89. The Morgan fingerprint density at radius 1 is 1.40 bits per heavy atom. The maximum Gasteiger partial charge on any atom is 0.293 e. The van der Waals surface area contributed by atoms with Crippen LogP contribution in [0.25, 0.3) is 0 Å². The standard InChI is InChI=1S/C15H20N2O3/c1-11(18)13-7-8-14(15(9-13)17(19)20)16(2)10-12-5-3-4-6-12/h7-9,12H,3-6,10H2,1-2H3. The van der Waals surface area contributed by atoms with Crippen molar-refractivity contribution in [2.45, 2.75) is 32.6 Å². The van der Waals surface area contributed by atoms with Crippen molar-refractivity contribution in [3.63, 3.8) is 0 Å². The van der Waals surface area contributed by atoms with Gasteiger partial charge in [0.25, 0.3) is 5.69 Å². The van der Waals surface area contributed by atoms with Gasteiger partial charge in [0.05, 0.1) is 4.92 Å². The van der Waals surface area contributed by atoms with Crippen LogP contribution in [0.3, 0.4) is 0 Å². The first kappa shape index (κ1) is 14.5. The average Bonchev–Trinajstić information content (AvgIpc) is 2.90. The van der Waals surface area contributed by atoms with E-state index in [1.165, 1.54) is 38.7 Å². The number of benzene rings is 1. The molecule has 0 unspecified atom stereocenters. The number of carbonyl (C=O) groups excluding carboxylic acids is 1. The van der Waals surface area contributed by atoms with Gasteiger partial charge in [-0.3, -0.25) is 14.9 Å². The van der Waals surface area contributed by atoms with Gasteiger partial charge in [-0.1, -0.05) is 12.8 Å². The maximum atomic E-state index is 11.3. The third-order valence-electron chi connectivity index (χ3n) is 4.00. The first-order valence-electron chi connectivity index (χ1n) is 6.99. The molecule has 1 aromatic rings. The van der Waals surface area contributed by atoms with Crippen molar-refractivity contribution in [1.82, 2.24) is 0 Å². The van der Waals surface area contributed by atoms with Gasteiger partial charge in [-0.15, -0.1) is 0 Å². The number of nitro groups is 1. The van der Waals surface area contributed by atoms with Crippen molar-refractivity contribution in [1.29, 1.82) is 0 Å². The number of carbonyl (C=O) groups is 1.